The Labute approximate surface area is 165 Å². The van der Waals surface area contributed by atoms with E-state index in [1.54, 1.807) is 12.1 Å². The summed E-state index contributed by atoms with van der Waals surface area (Å²) in [5.41, 5.74) is 5.22. The average Bonchev–Trinajstić information content (AvgIpc) is 2.62. The van der Waals surface area contributed by atoms with E-state index < -0.39 is 0 Å². The molecule has 2 aromatic rings. The van der Waals surface area contributed by atoms with Crippen molar-refractivity contribution in [1.82, 2.24) is 10.2 Å². The number of hydrogen-bond acceptors (Lipinski definition) is 3. The molecule has 0 aromatic heterocycles. The maximum atomic E-state index is 12.3. The van der Waals surface area contributed by atoms with E-state index in [1.165, 1.54) is 11.9 Å². The number of aryl methyl sites for hydroxylation is 4. The van der Waals surface area contributed by atoms with Gasteiger partial charge in [-0.3, -0.25) is 14.4 Å². The van der Waals surface area contributed by atoms with Gasteiger partial charge in [-0.1, -0.05) is 35.9 Å². The van der Waals surface area contributed by atoms with Gasteiger partial charge in [-0.05, 0) is 50.5 Å². The maximum Gasteiger partial charge on any atom is 0.251 e. The molecule has 0 saturated heterocycles. The highest BCUT2D eigenvalue weighted by Crippen LogP contribution is 2.21. The molecule has 0 radical (unpaired) electrons. The zero-order chi connectivity index (χ0) is 20.8. The van der Waals surface area contributed by atoms with Gasteiger partial charge >= 0.3 is 0 Å². The smallest absolute Gasteiger partial charge is 0.251 e. The molecular weight excluding hydrogens is 354 g/mol. The highest BCUT2D eigenvalue weighted by molar-refractivity contribution is 5.99. The monoisotopic (exact) mass is 381 g/mol. The largest absolute Gasteiger partial charge is 0.343 e. The van der Waals surface area contributed by atoms with Crippen LogP contribution in [-0.4, -0.2) is 42.8 Å². The van der Waals surface area contributed by atoms with Gasteiger partial charge in [-0.2, -0.15) is 0 Å². The van der Waals surface area contributed by atoms with Crippen molar-refractivity contribution < 1.29 is 14.4 Å². The summed E-state index contributed by atoms with van der Waals surface area (Å²) in [7, 11) is 1.54. The van der Waals surface area contributed by atoms with Gasteiger partial charge in [0.1, 0.15) is 0 Å². The van der Waals surface area contributed by atoms with Crippen LogP contribution in [0, 0.1) is 27.7 Å². The minimum atomic E-state index is -0.338. The van der Waals surface area contributed by atoms with E-state index >= 15 is 0 Å². The van der Waals surface area contributed by atoms with Crippen LogP contribution < -0.4 is 10.6 Å². The summed E-state index contributed by atoms with van der Waals surface area (Å²) in [6, 6.07) is 11.2. The predicted molar refractivity (Wildman–Crippen MR) is 110 cm³/mol. The van der Waals surface area contributed by atoms with Crippen LogP contribution in [0.25, 0.3) is 0 Å². The van der Waals surface area contributed by atoms with Gasteiger partial charge in [0.25, 0.3) is 5.91 Å². The number of amides is 3. The van der Waals surface area contributed by atoms with Crippen molar-refractivity contribution in [2.24, 2.45) is 0 Å². The summed E-state index contributed by atoms with van der Waals surface area (Å²) in [5, 5.41) is 5.48. The van der Waals surface area contributed by atoms with Gasteiger partial charge in [0, 0.05) is 18.3 Å². The van der Waals surface area contributed by atoms with Crippen LogP contribution in [0.1, 0.15) is 32.6 Å². The standard InChI is InChI=1S/C22H27N3O3/c1-14-10-16(3)21(17(4)11-14)24-19(26)13-25(5)20(27)12-23-22(28)18-9-7-6-8-15(18)2/h6-11H,12-13H2,1-5H3,(H,23,28)(H,24,26). The molecule has 0 aliphatic rings. The first-order chi connectivity index (χ1) is 13.2. The average molecular weight is 381 g/mol. The highest BCUT2D eigenvalue weighted by Gasteiger charge is 2.16. The molecule has 0 aliphatic carbocycles. The van der Waals surface area contributed by atoms with Gasteiger partial charge in [0.05, 0.1) is 13.1 Å². The molecule has 3 amide bonds. The number of carbonyl (C=O) groups is 3. The topological polar surface area (TPSA) is 78.5 Å². The Kier molecular flexibility index (Phi) is 6.93. The number of anilines is 1. The quantitative estimate of drug-likeness (QED) is 0.808. The van der Waals surface area contributed by atoms with Crippen LogP contribution in [-0.2, 0) is 9.59 Å². The number of carbonyl (C=O) groups excluding carboxylic acids is 3. The molecule has 0 saturated carbocycles. The Morgan fingerprint density at radius 1 is 0.929 bits per heavy atom. The van der Waals surface area contributed by atoms with Crippen LogP contribution in [0.15, 0.2) is 36.4 Å². The fourth-order valence-electron chi connectivity index (χ4n) is 3.07. The van der Waals surface area contributed by atoms with E-state index in [-0.39, 0.29) is 30.8 Å². The fourth-order valence-corrected chi connectivity index (χ4v) is 3.07. The van der Waals surface area contributed by atoms with E-state index in [4.69, 9.17) is 0 Å². The van der Waals surface area contributed by atoms with Crippen molar-refractivity contribution >= 4 is 23.4 Å². The molecule has 2 aromatic carbocycles. The van der Waals surface area contributed by atoms with Crippen molar-refractivity contribution in [3.05, 3.63) is 64.2 Å². The molecule has 0 aliphatic heterocycles. The first-order valence-electron chi connectivity index (χ1n) is 9.14. The third-order valence-electron chi connectivity index (χ3n) is 4.54. The summed E-state index contributed by atoms with van der Waals surface area (Å²) >= 11 is 0. The SMILES string of the molecule is Cc1cc(C)c(NC(=O)CN(C)C(=O)CNC(=O)c2ccccc2C)c(C)c1. The second kappa shape index (κ2) is 9.17. The van der Waals surface area contributed by atoms with Crippen LogP contribution in [0.2, 0.25) is 0 Å². The number of nitrogens with one attached hydrogen (secondary N) is 2. The molecular formula is C22H27N3O3. The van der Waals surface area contributed by atoms with Crippen LogP contribution in [0.5, 0.6) is 0 Å². The van der Waals surface area contributed by atoms with Crippen molar-refractivity contribution in [1.29, 1.82) is 0 Å². The lowest BCUT2D eigenvalue weighted by Gasteiger charge is -2.19. The first kappa shape index (κ1) is 21.2. The first-order valence-corrected chi connectivity index (χ1v) is 9.14. The Hall–Kier alpha value is -3.15. The summed E-state index contributed by atoms with van der Waals surface area (Å²) in [5.74, 6) is -0.930. The van der Waals surface area contributed by atoms with Crippen LogP contribution in [0.4, 0.5) is 5.69 Å². The Balaban J connectivity index is 1.89. The molecule has 28 heavy (non-hydrogen) atoms. The van der Waals surface area contributed by atoms with Crippen molar-refractivity contribution in [2.75, 3.05) is 25.5 Å². The third-order valence-corrected chi connectivity index (χ3v) is 4.54. The number of nitrogens with zero attached hydrogens (tertiary/aromatic N) is 1. The Bertz CT molecular complexity index is 883. The molecule has 0 bridgehead atoms. The predicted octanol–water partition coefficient (Wildman–Crippen LogP) is 2.75. The van der Waals surface area contributed by atoms with Crippen molar-refractivity contribution in [3.8, 4) is 0 Å². The summed E-state index contributed by atoms with van der Waals surface area (Å²) < 4.78 is 0. The second-order valence-electron chi connectivity index (χ2n) is 7.07. The number of benzene rings is 2. The zero-order valence-corrected chi connectivity index (χ0v) is 17.1. The van der Waals surface area contributed by atoms with Gasteiger partial charge in [-0.25, -0.2) is 0 Å². The molecule has 0 heterocycles. The molecule has 0 atom stereocenters. The minimum Gasteiger partial charge on any atom is -0.343 e. The van der Waals surface area contributed by atoms with Crippen molar-refractivity contribution in [3.63, 3.8) is 0 Å². The summed E-state index contributed by atoms with van der Waals surface area (Å²) in [6.07, 6.45) is 0. The number of likely N-dealkylation sites (N-methyl/N-ethyl adjacent to an activating group) is 1. The molecule has 0 fully saturated rings. The molecule has 2 rings (SSSR count). The third kappa shape index (κ3) is 5.42. The van der Waals surface area contributed by atoms with Crippen LogP contribution >= 0.6 is 0 Å². The zero-order valence-electron chi connectivity index (χ0n) is 17.1. The Morgan fingerprint density at radius 3 is 2.14 bits per heavy atom. The summed E-state index contributed by atoms with van der Waals surface area (Å²) in [6.45, 7) is 7.45. The highest BCUT2D eigenvalue weighted by atomic mass is 16.2. The number of rotatable bonds is 6. The van der Waals surface area contributed by atoms with E-state index in [0.717, 1.165) is 27.9 Å². The molecule has 6 nitrogen and oxygen atoms in total. The van der Waals surface area contributed by atoms with E-state index in [9.17, 15) is 14.4 Å². The maximum absolute atomic E-state index is 12.3. The van der Waals surface area contributed by atoms with Gasteiger partial charge in [0.2, 0.25) is 11.8 Å². The lowest BCUT2D eigenvalue weighted by Crippen LogP contribution is -2.41. The molecule has 148 valence electrons. The molecule has 2 N–H and O–H groups in total. The summed E-state index contributed by atoms with van der Waals surface area (Å²) in [4.78, 5) is 38.1. The normalized spacial score (nSPS) is 10.3. The molecule has 0 unspecified atom stereocenters. The lowest BCUT2D eigenvalue weighted by atomic mass is 10.1. The van der Waals surface area contributed by atoms with Gasteiger partial charge in [0.15, 0.2) is 0 Å². The van der Waals surface area contributed by atoms with Crippen LogP contribution in [0.3, 0.4) is 0 Å². The van der Waals surface area contributed by atoms with E-state index in [0.29, 0.717) is 5.56 Å². The van der Waals surface area contributed by atoms with E-state index in [1.807, 2.05) is 52.0 Å². The minimum absolute atomic E-state index is 0.0914. The molecule has 0 spiro atoms. The lowest BCUT2D eigenvalue weighted by molar-refractivity contribution is -0.132. The molecule has 6 heteroatoms. The Morgan fingerprint density at radius 2 is 1.54 bits per heavy atom. The van der Waals surface area contributed by atoms with Gasteiger partial charge < -0.3 is 15.5 Å². The van der Waals surface area contributed by atoms with E-state index in [2.05, 4.69) is 10.6 Å². The number of hydrogen-bond donors (Lipinski definition) is 2. The van der Waals surface area contributed by atoms with Crippen molar-refractivity contribution in [2.45, 2.75) is 27.7 Å². The fraction of sp³-hybridized carbons (Fsp3) is 0.318. The second-order valence-corrected chi connectivity index (χ2v) is 7.07. The van der Waals surface area contributed by atoms with Gasteiger partial charge in [-0.15, -0.1) is 0 Å².